The Labute approximate surface area is 83.5 Å². The van der Waals surface area contributed by atoms with Crippen LogP contribution >= 0.6 is 9.24 Å². The zero-order valence-corrected chi connectivity index (χ0v) is 9.16. The molecule has 1 unspecified atom stereocenters. The molecule has 0 N–H and O–H groups in total. The maximum atomic E-state index is 3.75. The molecule has 1 atom stereocenters. The van der Waals surface area contributed by atoms with E-state index in [0.29, 0.717) is 0 Å². The van der Waals surface area contributed by atoms with Gasteiger partial charge in [0, 0.05) is 32.7 Å². The van der Waals surface area contributed by atoms with Gasteiger partial charge in [-0.3, -0.25) is 0 Å². The van der Waals surface area contributed by atoms with Crippen LogP contribution in [-0.4, -0.2) is 0 Å². The Morgan fingerprint density at radius 2 is 1.56 bits per heavy atom. The molecule has 0 saturated carbocycles. The van der Waals surface area contributed by atoms with E-state index in [4.69, 9.17) is 0 Å². The molecule has 0 fully saturated rings. The Hall–Kier alpha value is 0.624. The third-order valence-electron chi connectivity index (χ3n) is 0.980. The average Bonchev–Trinajstić information content (AvgIpc) is 1.77. The molecule has 0 amide bonds. The maximum Gasteiger partial charge on any atom is 0 e. The van der Waals surface area contributed by atoms with Crippen LogP contribution in [0.2, 0.25) is 0 Å². The smallest absolute Gasteiger partial charge is 0 e. The molecule has 2 heteroatoms. The van der Waals surface area contributed by atoms with Crippen molar-refractivity contribution in [3.05, 3.63) is 36.8 Å². The molecule has 0 bridgehead atoms. The van der Waals surface area contributed by atoms with Gasteiger partial charge < -0.3 is 0 Å². The summed E-state index contributed by atoms with van der Waals surface area (Å²) >= 11 is 0. The van der Waals surface area contributed by atoms with Crippen molar-refractivity contribution in [2.75, 3.05) is 0 Å². The van der Waals surface area contributed by atoms with Crippen LogP contribution in [0.3, 0.4) is 0 Å². The summed E-state index contributed by atoms with van der Waals surface area (Å²) in [7, 11) is 2.62. The summed E-state index contributed by atoms with van der Waals surface area (Å²) in [6.45, 7) is 3.75. The zero-order chi connectivity index (χ0) is 5.98. The minimum Gasteiger partial charge on any atom is -0.199 e. The first-order chi connectivity index (χ1) is 3.79. The third kappa shape index (κ3) is 3.35. The topological polar surface area (TPSA) is 0 Å². The predicted octanol–water partition coefficient (Wildman–Crippen LogP) is 1.37. The molecule has 1 rings (SSSR count). The molecular weight excluding hydrogens is 204 g/mol. The number of rotatable bonds is 0. The molecule has 0 aliphatic carbocycles. The first kappa shape index (κ1) is 9.62. The van der Waals surface area contributed by atoms with Crippen molar-refractivity contribution in [2.45, 2.75) is 0 Å². The van der Waals surface area contributed by atoms with Gasteiger partial charge in [0.25, 0.3) is 0 Å². The van der Waals surface area contributed by atoms with Crippen LogP contribution in [0.15, 0.2) is 24.3 Å². The van der Waals surface area contributed by atoms with Crippen molar-refractivity contribution in [3.8, 4) is 0 Å². The molecule has 0 aromatic heterocycles. The predicted molar refractivity (Wildman–Crippen MR) is 40.2 cm³/mol. The quantitative estimate of drug-likeness (QED) is 0.450. The summed E-state index contributed by atoms with van der Waals surface area (Å²) < 4.78 is 0. The van der Waals surface area contributed by atoms with Crippen molar-refractivity contribution in [2.24, 2.45) is 0 Å². The van der Waals surface area contributed by atoms with E-state index < -0.39 is 0 Å². The standard InChI is InChI=1S/C7H8P.Y/c1-6-2-4-7(8)5-3-6;/h2-5H,1,8H2;/q-1;. The Kier molecular flexibility index (Phi) is 4.75. The van der Waals surface area contributed by atoms with E-state index in [9.17, 15) is 0 Å². The molecule has 1 radical (unpaired) electrons. The van der Waals surface area contributed by atoms with E-state index >= 15 is 0 Å². The van der Waals surface area contributed by atoms with Gasteiger partial charge in [0.2, 0.25) is 0 Å². The van der Waals surface area contributed by atoms with Crippen molar-refractivity contribution in [3.63, 3.8) is 0 Å². The van der Waals surface area contributed by atoms with Crippen LogP contribution in [0.1, 0.15) is 5.56 Å². The first-order valence-electron chi connectivity index (χ1n) is 2.46. The summed E-state index contributed by atoms with van der Waals surface area (Å²) in [6, 6.07) is 8.02. The minimum atomic E-state index is 0. The van der Waals surface area contributed by atoms with Crippen LogP contribution in [0.25, 0.3) is 0 Å². The molecule has 0 aliphatic heterocycles. The van der Waals surface area contributed by atoms with E-state index in [1.807, 2.05) is 24.3 Å². The summed E-state index contributed by atoms with van der Waals surface area (Å²) in [5.74, 6) is 0. The first-order valence-corrected chi connectivity index (χ1v) is 3.04. The molecule has 9 heavy (non-hydrogen) atoms. The number of benzene rings is 1. The molecule has 1 aromatic rings. The van der Waals surface area contributed by atoms with Gasteiger partial charge in [-0.1, -0.05) is 5.30 Å². The maximum absolute atomic E-state index is 3.75. The van der Waals surface area contributed by atoms with E-state index in [2.05, 4.69) is 16.2 Å². The van der Waals surface area contributed by atoms with Gasteiger partial charge in [0.1, 0.15) is 0 Å². The van der Waals surface area contributed by atoms with E-state index in [1.54, 1.807) is 0 Å². The van der Waals surface area contributed by atoms with Gasteiger partial charge >= 0.3 is 0 Å². The second kappa shape index (κ2) is 4.44. The second-order valence-electron chi connectivity index (χ2n) is 1.74. The number of hydrogen-bond donors (Lipinski definition) is 0. The fourth-order valence-electron chi connectivity index (χ4n) is 0.518. The summed E-state index contributed by atoms with van der Waals surface area (Å²) in [4.78, 5) is 0. The fourth-order valence-corrected chi connectivity index (χ4v) is 0.710. The average molecular weight is 212 g/mol. The molecular formula is C7H8PY-. The normalized spacial score (nSPS) is 8.11. The zero-order valence-electron chi connectivity index (χ0n) is 5.17. The monoisotopic (exact) mass is 212 g/mol. The van der Waals surface area contributed by atoms with Gasteiger partial charge in [-0.15, -0.1) is 21.4 Å². The van der Waals surface area contributed by atoms with Gasteiger partial charge in [0.15, 0.2) is 0 Å². The molecule has 1 aromatic carbocycles. The van der Waals surface area contributed by atoms with Crippen molar-refractivity contribution in [1.82, 2.24) is 0 Å². The molecule has 0 nitrogen and oxygen atoms in total. The van der Waals surface area contributed by atoms with Gasteiger partial charge in [-0.25, -0.2) is 0 Å². The SMILES string of the molecule is [CH2-]c1ccc(P)cc1.[Y]. The minimum absolute atomic E-state index is 0. The van der Waals surface area contributed by atoms with Gasteiger partial charge in [-0.2, -0.15) is 24.6 Å². The Bertz CT molecular complexity index is 148. The molecule has 0 heterocycles. The molecule has 0 saturated heterocycles. The van der Waals surface area contributed by atoms with E-state index in [0.717, 1.165) is 5.56 Å². The molecule has 45 valence electrons. The van der Waals surface area contributed by atoms with Crippen LogP contribution in [0.5, 0.6) is 0 Å². The summed E-state index contributed by atoms with van der Waals surface area (Å²) in [5.41, 5.74) is 1.07. The largest absolute Gasteiger partial charge is 0.199 e. The van der Waals surface area contributed by atoms with E-state index in [-0.39, 0.29) is 32.7 Å². The van der Waals surface area contributed by atoms with Gasteiger partial charge in [-0.05, 0) is 0 Å². The van der Waals surface area contributed by atoms with Crippen LogP contribution in [0.4, 0.5) is 0 Å². The Balaban J connectivity index is 0.000000640. The fraction of sp³-hybridized carbons (Fsp3) is 0. The molecule has 0 aliphatic rings. The van der Waals surface area contributed by atoms with Crippen molar-refractivity contribution in [1.29, 1.82) is 0 Å². The third-order valence-corrected chi connectivity index (χ3v) is 1.36. The summed E-state index contributed by atoms with van der Waals surface area (Å²) in [5, 5.41) is 1.21. The van der Waals surface area contributed by atoms with E-state index in [1.165, 1.54) is 5.30 Å². The van der Waals surface area contributed by atoms with Crippen LogP contribution in [-0.2, 0) is 32.7 Å². The van der Waals surface area contributed by atoms with Crippen LogP contribution < -0.4 is 5.30 Å². The second-order valence-corrected chi connectivity index (χ2v) is 2.41. The number of hydrogen-bond acceptors (Lipinski definition) is 0. The molecule has 0 spiro atoms. The van der Waals surface area contributed by atoms with Gasteiger partial charge in [0.05, 0.1) is 0 Å². The Morgan fingerprint density at radius 3 is 1.89 bits per heavy atom. The Morgan fingerprint density at radius 1 is 1.11 bits per heavy atom. The van der Waals surface area contributed by atoms with Crippen molar-refractivity contribution < 1.29 is 32.7 Å². The summed E-state index contributed by atoms with van der Waals surface area (Å²) in [6.07, 6.45) is 0. The van der Waals surface area contributed by atoms with Crippen LogP contribution in [0, 0.1) is 6.92 Å². The van der Waals surface area contributed by atoms with Crippen molar-refractivity contribution >= 4 is 14.5 Å².